The maximum Gasteiger partial charge on any atom is 0.0892 e. The van der Waals surface area contributed by atoms with Crippen LogP contribution in [-0.4, -0.2) is 31.4 Å². The van der Waals surface area contributed by atoms with Gasteiger partial charge in [-0.1, -0.05) is 30.7 Å². The molecule has 0 unspecified atom stereocenters. The van der Waals surface area contributed by atoms with Crippen LogP contribution >= 0.6 is 11.6 Å². The summed E-state index contributed by atoms with van der Waals surface area (Å²) in [6.07, 6.45) is 2.23. The maximum atomic E-state index is 9.03. The molecule has 1 fully saturated rings. The number of ether oxygens (including phenoxy) is 1. The van der Waals surface area contributed by atoms with E-state index in [0.29, 0.717) is 6.61 Å². The number of aliphatic hydroxyl groups is 1. The predicted octanol–water partition coefficient (Wildman–Crippen LogP) is 2.78. The van der Waals surface area contributed by atoms with E-state index in [1.165, 1.54) is 0 Å². The first-order valence-electron chi connectivity index (χ1n) is 6.84. The molecule has 0 amide bonds. The van der Waals surface area contributed by atoms with Gasteiger partial charge in [0.25, 0.3) is 0 Å². The number of piperidine rings is 1. The monoisotopic (exact) mass is 283 g/mol. The summed E-state index contributed by atoms with van der Waals surface area (Å²) in [5.41, 5.74) is 1.13. The smallest absolute Gasteiger partial charge is 0.0892 e. The van der Waals surface area contributed by atoms with E-state index in [0.717, 1.165) is 36.5 Å². The topological polar surface area (TPSA) is 41.5 Å². The third-order valence-corrected chi connectivity index (χ3v) is 4.03. The summed E-state index contributed by atoms with van der Waals surface area (Å²) < 4.78 is 5.93. The van der Waals surface area contributed by atoms with Gasteiger partial charge in [0.2, 0.25) is 0 Å². The average molecular weight is 284 g/mol. The van der Waals surface area contributed by atoms with Crippen LogP contribution in [0.15, 0.2) is 24.3 Å². The van der Waals surface area contributed by atoms with E-state index < -0.39 is 0 Å². The molecule has 1 aromatic rings. The van der Waals surface area contributed by atoms with Gasteiger partial charge in [0.1, 0.15) is 0 Å². The Kier molecular flexibility index (Phi) is 5.22. The Hall–Kier alpha value is -0.610. The van der Waals surface area contributed by atoms with Crippen molar-refractivity contribution in [3.63, 3.8) is 0 Å². The van der Waals surface area contributed by atoms with Crippen LogP contribution in [0.25, 0.3) is 0 Å². The fraction of sp³-hybridized carbons (Fsp3) is 0.600. The number of rotatable bonds is 5. The number of hydrogen-bond acceptors (Lipinski definition) is 3. The number of benzene rings is 1. The van der Waals surface area contributed by atoms with Crippen molar-refractivity contribution in [2.75, 3.05) is 26.3 Å². The Balaban J connectivity index is 2.24. The molecule has 1 saturated heterocycles. The second-order valence-electron chi connectivity index (χ2n) is 5.46. The van der Waals surface area contributed by atoms with Gasteiger partial charge in [0.05, 0.1) is 19.3 Å². The second kappa shape index (κ2) is 6.71. The van der Waals surface area contributed by atoms with E-state index in [-0.39, 0.29) is 18.1 Å². The van der Waals surface area contributed by atoms with E-state index in [1.54, 1.807) is 0 Å². The predicted molar refractivity (Wildman–Crippen MR) is 77.4 cm³/mol. The van der Waals surface area contributed by atoms with E-state index in [2.05, 4.69) is 12.2 Å². The van der Waals surface area contributed by atoms with Crippen LogP contribution in [0.1, 0.15) is 31.4 Å². The SMILES string of the molecule is C[C@@]1([C@@H](OCCO)c2cccc(Cl)c2)CCCNC1. The first-order valence-corrected chi connectivity index (χ1v) is 7.22. The zero-order valence-corrected chi connectivity index (χ0v) is 12.1. The van der Waals surface area contributed by atoms with Gasteiger partial charge in [-0.05, 0) is 37.1 Å². The average Bonchev–Trinajstić information content (AvgIpc) is 2.40. The van der Waals surface area contributed by atoms with Crippen molar-refractivity contribution in [2.24, 2.45) is 5.41 Å². The lowest BCUT2D eigenvalue weighted by Crippen LogP contribution is -2.43. The third kappa shape index (κ3) is 3.69. The molecule has 0 bridgehead atoms. The Labute approximate surface area is 119 Å². The van der Waals surface area contributed by atoms with Crippen molar-refractivity contribution >= 4 is 11.6 Å². The molecule has 2 N–H and O–H groups in total. The number of halogens is 1. The molecule has 1 aliphatic rings. The molecule has 0 aliphatic carbocycles. The van der Waals surface area contributed by atoms with Crippen molar-refractivity contribution in [3.05, 3.63) is 34.9 Å². The van der Waals surface area contributed by atoms with Crippen molar-refractivity contribution in [1.29, 1.82) is 0 Å². The quantitative estimate of drug-likeness (QED) is 0.873. The van der Waals surface area contributed by atoms with E-state index in [4.69, 9.17) is 21.4 Å². The van der Waals surface area contributed by atoms with Crippen LogP contribution < -0.4 is 5.32 Å². The maximum absolute atomic E-state index is 9.03. The molecule has 2 atom stereocenters. The minimum absolute atomic E-state index is 0.0360. The molecule has 0 spiro atoms. The van der Waals surface area contributed by atoms with Crippen molar-refractivity contribution in [3.8, 4) is 0 Å². The largest absolute Gasteiger partial charge is 0.394 e. The molecule has 0 saturated carbocycles. The van der Waals surface area contributed by atoms with Gasteiger partial charge >= 0.3 is 0 Å². The number of hydrogen-bond donors (Lipinski definition) is 2. The summed E-state index contributed by atoms with van der Waals surface area (Å²) in [5, 5.41) is 13.2. The van der Waals surface area contributed by atoms with Crippen molar-refractivity contribution in [1.82, 2.24) is 5.32 Å². The van der Waals surface area contributed by atoms with Crippen molar-refractivity contribution in [2.45, 2.75) is 25.9 Å². The molecular formula is C15H22ClNO2. The molecule has 19 heavy (non-hydrogen) atoms. The minimum atomic E-state index is -0.0360. The van der Waals surface area contributed by atoms with Crippen molar-refractivity contribution < 1.29 is 9.84 Å². The van der Waals surface area contributed by atoms with Gasteiger partial charge in [-0.3, -0.25) is 0 Å². The molecule has 1 aliphatic heterocycles. The highest BCUT2D eigenvalue weighted by molar-refractivity contribution is 6.30. The Morgan fingerprint density at radius 3 is 3.00 bits per heavy atom. The minimum Gasteiger partial charge on any atom is -0.394 e. The van der Waals surface area contributed by atoms with Gasteiger partial charge in [-0.25, -0.2) is 0 Å². The molecule has 0 radical (unpaired) electrons. The first kappa shape index (κ1) is 14.8. The zero-order valence-electron chi connectivity index (χ0n) is 11.4. The van der Waals surface area contributed by atoms with Crippen LogP contribution in [0, 0.1) is 5.41 Å². The third-order valence-electron chi connectivity index (χ3n) is 3.79. The number of nitrogens with one attached hydrogen (secondary N) is 1. The fourth-order valence-electron chi connectivity index (χ4n) is 2.84. The van der Waals surface area contributed by atoms with E-state index in [1.807, 2.05) is 24.3 Å². The Morgan fingerprint density at radius 1 is 1.53 bits per heavy atom. The van der Waals surface area contributed by atoms with Gasteiger partial charge in [-0.2, -0.15) is 0 Å². The zero-order chi connectivity index (χ0) is 13.7. The Bertz CT molecular complexity index is 405. The summed E-state index contributed by atoms with van der Waals surface area (Å²) in [4.78, 5) is 0. The van der Waals surface area contributed by atoms with Crippen LogP contribution in [0.5, 0.6) is 0 Å². The number of aliphatic hydroxyl groups excluding tert-OH is 1. The summed E-state index contributed by atoms with van der Waals surface area (Å²) in [6, 6.07) is 7.83. The van der Waals surface area contributed by atoms with E-state index >= 15 is 0 Å². The highest BCUT2D eigenvalue weighted by Crippen LogP contribution is 2.42. The molecule has 3 nitrogen and oxygen atoms in total. The summed E-state index contributed by atoms with van der Waals surface area (Å²) >= 11 is 6.09. The summed E-state index contributed by atoms with van der Waals surface area (Å²) in [7, 11) is 0. The van der Waals surface area contributed by atoms with Gasteiger partial charge in [-0.15, -0.1) is 0 Å². The van der Waals surface area contributed by atoms with Gasteiger partial charge < -0.3 is 15.2 Å². The molecule has 2 rings (SSSR count). The molecule has 106 valence electrons. The lowest BCUT2D eigenvalue weighted by Gasteiger charge is -2.41. The second-order valence-corrected chi connectivity index (χ2v) is 5.90. The standard InChI is InChI=1S/C15H22ClNO2/c1-15(6-3-7-17-11-15)14(19-9-8-18)12-4-2-5-13(16)10-12/h2,4-5,10,14,17-18H,3,6-9,11H2,1H3/t14-,15+/m0/s1. The molecule has 1 aromatic carbocycles. The van der Waals surface area contributed by atoms with Crippen LogP contribution in [0.3, 0.4) is 0 Å². The van der Waals surface area contributed by atoms with Gasteiger partial charge in [0, 0.05) is 17.0 Å². The lowest BCUT2D eigenvalue weighted by atomic mass is 9.75. The van der Waals surface area contributed by atoms with E-state index in [9.17, 15) is 0 Å². The summed E-state index contributed by atoms with van der Waals surface area (Å²) in [6.45, 7) is 4.63. The molecule has 4 heteroatoms. The highest BCUT2D eigenvalue weighted by Gasteiger charge is 2.37. The van der Waals surface area contributed by atoms with Crippen LogP contribution in [0.2, 0.25) is 5.02 Å². The highest BCUT2D eigenvalue weighted by atomic mass is 35.5. The normalized spacial score (nSPS) is 25.2. The molecule has 0 aromatic heterocycles. The lowest BCUT2D eigenvalue weighted by molar-refractivity contribution is -0.0570. The van der Waals surface area contributed by atoms with Crippen LogP contribution in [-0.2, 0) is 4.74 Å². The summed E-state index contributed by atoms with van der Waals surface area (Å²) in [5.74, 6) is 0. The Morgan fingerprint density at radius 2 is 2.37 bits per heavy atom. The fourth-order valence-corrected chi connectivity index (χ4v) is 3.04. The molecule has 1 heterocycles. The van der Waals surface area contributed by atoms with Gasteiger partial charge in [0.15, 0.2) is 0 Å². The first-order chi connectivity index (χ1) is 9.15. The van der Waals surface area contributed by atoms with Crippen LogP contribution in [0.4, 0.5) is 0 Å². The molecular weight excluding hydrogens is 262 g/mol.